The number of carbonyl (C=O) groups excluding carboxylic acids is 2. The van der Waals surface area contributed by atoms with Gasteiger partial charge in [0.1, 0.15) is 6.04 Å². The number of nitrogens with one attached hydrogen (secondary N) is 2. The minimum Gasteiger partial charge on any atom is -0.368 e. The predicted molar refractivity (Wildman–Crippen MR) is 111 cm³/mol. The van der Waals surface area contributed by atoms with E-state index < -0.39 is 11.9 Å². The number of primary amides is 1. The fourth-order valence-corrected chi connectivity index (χ4v) is 4.56. The van der Waals surface area contributed by atoms with Crippen molar-refractivity contribution in [3.63, 3.8) is 0 Å². The Morgan fingerprint density at radius 2 is 2.03 bits per heavy atom. The molecule has 5 rings (SSSR count). The number of H-pyrrole nitrogens is 2. The predicted octanol–water partition coefficient (Wildman–Crippen LogP) is 2.22. The van der Waals surface area contributed by atoms with Crippen LogP contribution in [0.15, 0.2) is 39.8 Å². The Morgan fingerprint density at radius 3 is 2.86 bits per heavy atom. The number of nitrogens with two attached hydrogens (primary N) is 1. The molecule has 4 N–H and O–H groups in total. The van der Waals surface area contributed by atoms with Crippen LogP contribution in [0.25, 0.3) is 33.3 Å². The van der Waals surface area contributed by atoms with Gasteiger partial charge < -0.3 is 20.6 Å². The van der Waals surface area contributed by atoms with Crippen LogP contribution in [0.5, 0.6) is 0 Å². The van der Waals surface area contributed by atoms with Crippen LogP contribution in [0.4, 0.5) is 0 Å². The van der Waals surface area contributed by atoms with E-state index in [1.165, 1.54) is 16.2 Å². The maximum Gasteiger partial charge on any atom is 0.276 e. The van der Waals surface area contributed by atoms with Crippen molar-refractivity contribution >= 4 is 45.1 Å². The number of benzene rings is 1. The van der Waals surface area contributed by atoms with Gasteiger partial charge in [0.15, 0.2) is 5.69 Å². The summed E-state index contributed by atoms with van der Waals surface area (Å²) in [7, 11) is 0. The number of carbonyl (C=O) groups is 2. The summed E-state index contributed by atoms with van der Waals surface area (Å²) in [6.45, 7) is 0.517. The molecule has 1 unspecified atom stereocenters. The number of fused-ring (bicyclic) bond motifs is 2. The molecule has 1 aliphatic rings. The molecule has 1 aliphatic heterocycles. The van der Waals surface area contributed by atoms with Crippen molar-refractivity contribution in [3.05, 3.63) is 50.9 Å². The minimum absolute atomic E-state index is 0.216. The lowest BCUT2D eigenvalue weighted by atomic mass is 10.1. The number of aromatic nitrogens is 3. The Balaban J connectivity index is 1.53. The van der Waals surface area contributed by atoms with Crippen molar-refractivity contribution in [2.24, 2.45) is 5.73 Å². The highest BCUT2D eigenvalue weighted by molar-refractivity contribution is 7.09. The van der Waals surface area contributed by atoms with Gasteiger partial charge in [-0.2, -0.15) is 0 Å². The van der Waals surface area contributed by atoms with E-state index in [2.05, 4.69) is 15.0 Å². The molecule has 0 radical (unpaired) electrons. The first-order valence-electron chi connectivity index (χ1n) is 9.21. The normalized spacial score (nSPS) is 16.7. The first kappa shape index (κ1) is 17.6. The van der Waals surface area contributed by atoms with Gasteiger partial charge in [0.05, 0.1) is 16.7 Å². The summed E-state index contributed by atoms with van der Waals surface area (Å²) in [6, 6.07) is 6.50. The molecule has 1 fully saturated rings. The molecule has 1 saturated heterocycles. The third kappa shape index (κ3) is 2.90. The number of amides is 2. The molecule has 1 aromatic carbocycles. The highest BCUT2D eigenvalue weighted by Crippen LogP contribution is 2.26. The van der Waals surface area contributed by atoms with E-state index in [9.17, 15) is 14.4 Å². The van der Waals surface area contributed by atoms with E-state index in [1.54, 1.807) is 24.3 Å². The summed E-state index contributed by atoms with van der Waals surface area (Å²) < 4.78 is 0. The number of hydrogen-bond acceptors (Lipinski definition) is 5. The van der Waals surface area contributed by atoms with Gasteiger partial charge in [0, 0.05) is 33.8 Å². The van der Waals surface area contributed by atoms with Crippen LogP contribution >= 0.6 is 11.3 Å². The lowest BCUT2D eigenvalue weighted by Gasteiger charge is -2.22. The van der Waals surface area contributed by atoms with Gasteiger partial charge in [0.2, 0.25) is 5.91 Å². The van der Waals surface area contributed by atoms with Crippen LogP contribution < -0.4 is 11.3 Å². The molecular formula is C20H17N5O3S. The van der Waals surface area contributed by atoms with E-state index in [0.717, 1.165) is 22.8 Å². The Hall–Kier alpha value is -3.46. The summed E-state index contributed by atoms with van der Waals surface area (Å²) in [6.07, 6.45) is 1.35. The summed E-state index contributed by atoms with van der Waals surface area (Å²) in [5, 5.41) is 4.50. The molecule has 0 aliphatic carbocycles. The molecule has 0 bridgehead atoms. The highest BCUT2D eigenvalue weighted by Gasteiger charge is 2.33. The average molecular weight is 407 g/mol. The van der Waals surface area contributed by atoms with Gasteiger partial charge in [-0.3, -0.25) is 14.4 Å². The molecule has 0 saturated carbocycles. The fraction of sp³-hybridized carbons (Fsp3) is 0.200. The average Bonchev–Trinajstić information content (AvgIpc) is 3.43. The van der Waals surface area contributed by atoms with Gasteiger partial charge in [-0.1, -0.05) is 0 Å². The molecule has 8 nitrogen and oxygen atoms in total. The number of hydrogen-bond donors (Lipinski definition) is 3. The van der Waals surface area contributed by atoms with Gasteiger partial charge in [-0.25, -0.2) is 4.98 Å². The Bertz CT molecular complexity index is 1330. The Labute approximate surface area is 168 Å². The summed E-state index contributed by atoms with van der Waals surface area (Å²) in [5.74, 6) is -0.693. The van der Waals surface area contributed by atoms with Crippen molar-refractivity contribution in [2.75, 3.05) is 6.54 Å². The number of rotatable bonds is 3. The lowest BCUT2D eigenvalue weighted by molar-refractivity contribution is -0.121. The first-order chi connectivity index (χ1) is 14.0. The number of thiophene rings is 1. The highest BCUT2D eigenvalue weighted by atomic mass is 32.1. The van der Waals surface area contributed by atoms with E-state index in [4.69, 9.17) is 5.73 Å². The fourth-order valence-electron chi connectivity index (χ4n) is 3.87. The molecule has 0 spiro atoms. The van der Waals surface area contributed by atoms with E-state index >= 15 is 0 Å². The first-order valence-corrected chi connectivity index (χ1v) is 10.2. The maximum absolute atomic E-state index is 12.9. The largest absolute Gasteiger partial charge is 0.368 e. The van der Waals surface area contributed by atoms with Crippen LogP contribution in [0.3, 0.4) is 0 Å². The van der Waals surface area contributed by atoms with Crippen molar-refractivity contribution in [3.8, 4) is 11.4 Å². The zero-order valence-corrected chi connectivity index (χ0v) is 16.1. The molecule has 4 heterocycles. The molecule has 4 aromatic rings. The second-order valence-electron chi connectivity index (χ2n) is 7.13. The second-order valence-corrected chi connectivity index (χ2v) is 7.87. The van der Waals surface area contributed by atoms with Crippen LogP contribution in [0.1, 0.15) is 23.2 Å². The van der Waals surface area contributed by atoms with Crippen molar-refractivity contribution in [1.29, 1.82) is 0 Å². The van der Waals surface area contributed by atoms with Crippen LogP contribution in [0.2, 0.25) is 0 Å². The van der Waals surface area contributed by atoms with Crippen molar-refractivity contribution < 1.29 is 9.59 Å². The smallest absolute Gasteiger partial charge is 0.276 e. The number of nitrogens with zero attached hydrogens (tertiary/aromatic N) is 2. The van der Waals surface area contributed by atoms with Gasteiger partial charge in [-0.05, 0) is 37.1 Å². The summed E-state index contributed by atoms with van der Waals surface area (Å²) in [4.78, 5) is 48.9. The van der Waals surface area contributed by atoms with Gasteiger partial charge in [-0.15, -0.1) is 11.3 Å². The molecule has 1 atom stereocenters. The second kappa shape index (κ2) is 6.56. The standard InChI is InChI=1S/C20H17N5O3S/c21-18(26)16-2-1-5-25(16)20(28)10-3-4-12-11(6-10)7-13(22-12)17-19(27)24-15-9-29-8-14(15)23-17/h3-4,6-9,16,22H,1-2,5H2,(H2,21,26)(H,24,27). The van der Waals surface area contributed by atoms with Crippen LogP contribution in [-0.2, 0) is 4.79 Å². The molecule has 3 aromatic heterocycles. The van der Waals surface area contributed by atoms with Crippen molar-refractivity contribution in [2.45, 2.75) is 18.9 Å². The number of likely N-dealkylation sites (tertiary alicyclic amines) is 1. The molecular weight excluding hydrogens is 390 g/mol. The van der Waals surface area contributed by atoms with E-state index in [-0.39, 0.29) is 11.5 Å². The summed E-state index contributed by atoms with van der Waals surface area (Å²) in [5.41, 5.74) is 8.74. The molecule has 146 valence electrons. The Morgan fingerprint density at radius 1 is 1.17 bits per heavy atom. The third-order valence-electron chi connectivity index (χ3n) is 5.30. The quantitative estimate of drug-likeness (QED) is 0.481. The molecule has 2 amide bonds. The van der Waals surface area contributed by atoms with Gasteiger partial charge in [0.25, 0.3) is 11.5 Å². The monoisotopic (exact) mass is 407 g/mol. The SMILES string of the molecule is NC(=O)C1CCCN1C(=O)c1ccc2[nH]c(-c3nc4cscc4[nH]c3=O)cc2c1. The molecule has 9 heteroatoms. The van der Waals surface area contributed by atoms with Crippen molar-refractivity contribution in [1.82, 2.24) is 19.9 Å². The zero-order chi connectivity index (χ0) is 20.1. The van der Waals surface area contributed by atoms with E-state index in [0.29, 0.717) is 35.4 Å². The molecule has 29 heavy (non-hydrogen) atoms. The number of aromatic amines is 2. The van der Waals surface area contributed by atoms with Crippen LogP contribution in [-0.4, -0.2) is 44.3 Å². The van der Waals surface area contributed by atoms with Crippen LogP contribution in [0, 0.1) is 0 Å². The third-order valence-corrected chi connectivity index (χ3v) is 6.03. The minimum atomic E-state index is -0.555. The maximum atomic E-state index is 12.9. The summed E-state index contributed by atoms with van der Waals surface area (Å²) >= 11 is 1.47. The topological polar surface area (TPSA) is 125 Å². The van der Waals surface area contributed by atoms with Gasteiger partial charge >= 0.3 is 0 Å². The zero-order valence-electron chi connectivity index (χ0n) is 15.3. The Kier molecular flexibility index (Phi) is 3.99. The lowest BCUT2D eigenvalue weighted by Crippen LogP contribution is -2.43. The van der Waals surface area contributed by atoms with E-state index in [1.807, 2.05) is 10.8 Å².